The fourth-order valence-corrected chi connectivity index (χ4v) is 4.86. The number of carbonyl (C=O) groups is 1. The molecule has 1 saturated carbocycles. The number of rotatable bonds is 6. The summed E-state index contributed by atoms with van der Waals surface area (Å²) in [6.07, 6.45) is 5.77. The first kappa shape index (κ1) is 21.0. The van der Waals surface area contributed by atoms with Crippen LogP contribution in [0.25, 0.3) is 21.3 Å². The number of amides is 1. The summed E-state index contributed by atoms with van der Waals surface area (Å²) in [6, 6.07) is 12.0. The first-order valence-corrected chi connectivity index (χ1v) is 12.3. The maximum atomic E-state index is 12.5. The van der Waals surface area contributed by atoms with Gasteiger partial charge in [-0.1, -0.05) is 12.1 Å². The van der Waals surface area contributed by atoms with Gasteiger partial charge in [0, 0.05) is 35.6 Å². The summed E-state index contributed by atoms with van der Waals surface area (Å²) in [6.45, 7) is 3.16. The van der Waals surface area contributed by atoms with Gasteiger partial charge in [-0.25, -0.2) is 15.0 Å². The molecule has 0 spiro atoms. The smallest absolute Gasteiger partial charge is 0.251 e. The van der Waals surface area contributed by atoms with Crippen LogP contribution in [0, 0.1) is 0 Å². The van der Waals surface area contributed by atoms with E-state index in [0.29, 0.717) is 17.6 Å². The van der Waals surface area contributed by atoms with E-state index >= 15 is 0 Å². The molecule has 1 aliphatic heterocycles. The standard InChI is InChI=1S/C25H24N6O2S/c32-24(28-18-4-5-18)17-3-1-2-16(12-17)20-15-34-21-14-27-25(30-23(20)21)29-19-6-7-22(26-13-19)31-8-10-33-11-9-31/h1-3,6-7,12-15,18H,4-5,8-11H2,(H,28,32)(H,27,29,30). The van der Waals surface area contributed by atoms with E-state index in [4.69, 9.17) is 9.72 Å². The van der Waals surface area contributed by atoms with Gasteiger partial charge in [0.25, 0.3) is 5.91 Å². The van der Waals surface area contributed by atoms with E-state index in [-0.39, 0.29) is 5.91 Å². The van der Waals surface area contributed by atoms with Crippen molar-refractivity contribution in [1.29, 1.82) is 0 Å². The van der Waals surface area contributed by atoms with Crippen molar-refractivity contribution in [2.75, 3.05) is 36.5 Å². The Kier molecular flexibility index (Phi) is 5.56. The second kappa shape index (κ2) is 9.00. The van der Waals surface area contributed by atoms with Crippen molar-refractivity contribution in [3.63, 3.8) is 0 Å². The van der Waals surface area contributed by atoms with E-state index in [1.807, 2.05) is 42.6 Å². The van der Waals surface area contributed by atoms with Crippen LogP contribution >= 0.6 is 11.3 Å². The Morgan fingerprint density at radius 3 is 2.76 bits per heavy atom. The maximum Gasteiger partial charge on any atom is 0.251 e. The molecule has 4 heterocycles. The summed E-state index contributed by atoms with van der Waals surface area (Å²) in [4.78, 5) is 28.6. The van der Waals surface area contributed by atoms with Crippen LogP contribution in [-0.2, 0) is 4.74 Å². The number of benzene rings is 1. The molecular formula is C25H24N6O2S. The molecule has 6 rings (SSSR count). The Hall–Kier alpha value is -3.56. The fourth-order valence-electron chi connectivity index (χ4n) is 3.99. The minimum atomic E-state index is -0.0195. The lowest BCUT2D eigenvalue weighted by molar-refractivity contribution is 0.0951. The van der Waals surface area contributed by atoms with E-state index < -0.39 is 0 Å². The molecule has 3 aromatic heterocycles. The second-order valence-corrected chi connectivity index (χ2v) is 9.43. The number of pyridine rings is 1. The van der Waals surface area contributed by atoms with E-state index in [1.54, 1.807) is 17.5 Å². The highest BCUT2D eigenvalue weighted by atomic mass is 32.1. The van der Waals surface area contributed by atoms with Gasteiger partial charge < -0.3 is 20.3 Å². The highest BCUT2D eigenvalue weighted by Crippen LogP contribution is 2.34. The second-order valence-electron chi connectivity index (χ2n) is 8.51. The first-order valence-electron chi connectivity index (χ1n) is 11.4. The Bertz CT molecular complexity index is 1330. The molecule has 172 valence electrons. The van der Waals surface area contributed by atoms with Gasteiger partial charge in [-0.3, -0.25) is 4.79 Å². The van der Waals surface area contributed by atoms with Crippen LogP contribution in [0.4, 0.5) is 17.5 Å². The van der Waals surface area contributed by atoms with Crippen LogP contribution in [0.2, 0.25) is 0 Å². The average molecular weight is 473 g/mol. The molecule has 1 amide bonds. The first-order chi connectivity index (χ1) is 16.7. The molecule has 9 heteroatoms. The van der Waals surface area contributed by atoms with Crippen molar-refractivity contribution in [3.05, 3.63) is 59.7 Å². The number of morpholine rings is 1. The third-order valence-electron chi connectivity index (χ3n) is 6.00. The lowest BCUT2D eigenvalue weighted by atomic mass is 10.0. The van der Waals surface area contributed by atoms with Crippen molar-refractivity contribution < 1.29 is 9.53 Å². The van der Waals surface area contributed by atoms with E-state index in [2.05, 4.69) is 30.9 Å². The largest absolute Gasteiger partial charge is 0.378 e. The molecule has 0 radical (unpaired) electrons. The zero-order valence-corrected chi connectivity index (χ0v) is 19.3. The number of fused-ring (bicyclic) bond motifs is 1. The normalized spacial score (nSPS) is 15.9. The van der Waals surface area contributed by atoms with Crippen LogP contribution in [0.15, 0.2) is 54.2 Å². The Morgan fingerprint density at radius 2 is 1.97 bits per heavy atom. The summed E-state index contributed by atoms with van der Waals surface area (Å²) in [5.74, 6) is 1.43. The Balaban J connectivity index is 1.23. The van der Waals surface area contributed by atoms with Gasteiger partial charge in [0.05, 0.1) is 41.5 Å². The van der Waals surface area contributed by atoms with Gasteiger partial charge in [0.2, 0.25) is 5.95 Å². The monoisotopic (exact) mass is 472 g/mol. The van der Waals surface area contributed by atoms with Crippen molar-refractivity contribution in [2.24, 2.45) is 0 Å². The summed E-state index contributed by atoms with van der Waals surface area (Å²) in [5.41, 5.74) is 4.32. The molecule has 2 fully saturated rings. The van der Waals surface area contributed by atoms with Crippen LogP contribution < -0.4 is 15.5 Å². The summed E-state index contributed by atoms with van der Waals surface area (Å²) < 4.78 is 6.41. The molecular weight excluding hydrogens is 448 g/mol. The average Bonchev–Trinajstić information content (AvgIpc) is 3.60. The molecule has 0 atom stereocenters. The zero-order chi connectivity index (χ0) is 22.9. The van der Waals surface area contributed by atoms with Crippen LogP contribution in [0.5, 0.6) is 0 Å². The van der Waals surface area contributed by atoms with Gasteiger partial charge >= 0.3 is 0 Å². The highest BCUT2D eigenvalue weighted by molar-refractivity contribution is 7.17. The maximum absolute atomic E-state index is 12.5. The molecule has 1 saturated heterocycles. The molecule has 0 bridgehead atoms. The number of anilines is 3. The number of aromatic nitrogens is 3. The molecule has 1 aliphatic carbocycles. The SMILES string of the molecule is O=C(NC1CC1)c1cccc(-c2csc3cnc(Nc4ccc(N5CCOCC5)nc4)nc23)c1. The fraction of sp³-hybridized carbons (Fsp3) is 0.280. The molecule has 8 nitrogen and oxygen atoms in total. The van der Waals surface area contributed by atoms with Crippen molar-refractivity contribution in [1.82, 2.24) is 20.3 Å². The molecule has 1 aromatic carbocycles. The number of hydrogen-bond acceptors (Lipinski definition) is 8. The Morgan fingerprint density at radius 1 is 1.09 bits per heavy atom. The minimum absolute atomic E-state index is 0.0195. The van der Waals surface area contributed by atoms with Gasteiger partial charge in [0.15, 0.2) is 0 Å². The highest BCUT2D eigenvalue weighted by Gasteiger charge is 2.24. The van der Waals surface area contributed by atoms with Crippen molar-refractivity contribution >= 4 is 44.9 Å². The lowest BCUT2D eigenvalue weighted by Crippen LogP contribution is -2.36. The van der Waals surface area contributed by atoms with Crippen molar-refractivity contribution in [2.45, 2.75) is 18.9 Å². The van der Waals surface area contributed by atoms with Crippen LogP contribution in [0.1, 0.15) is 23.2 Å². The third-order valence-corrected chi connectivity index (χ3v) is 6.91. The number of nitrogens with zero attached hydrogens (tertiary/aromatic N) is 4. The van der Waals surface area contributed by atoms with Crippen LogP contribution in [0.3, 0.4) is 0 Å². The number of ether oxygens (including phenoxy) is 1. The predicted octanol–water partition coefficient (Wildman–Crippen LogP) is 4.23. The lowest BCUT2D eigenvalue weighted by Gasteiger charge is -2.27. The van der Waals surface area contributed by atoms with Gasteiger partial charge in [-0.15, -0.1) is 11.3 Å². The number of hydrogen-bond donors (Lipinski definition) is 2. The Labute approximate surface area is 201 Å². The molecule has 2 aliphatic rings. The quantitative estimate of drug-likeness (QED) is 0.434. The summed E-state index contributed by atoms with van der Waals surface area (Å²) >= 11 is 1.60. The van der Waals surface area contributed by atoms with Gasteiger partial charge in [0.1, 0.15) is 5.82 Å². The van der Waals surface area contributed by atoms with Crippen LogP contribution in [-0.4, -0.2) is 53.2 Å². The van der Waals surface area contributed by atoms with E-state index in [1.165, 1.54) is 0 Å². The topological polar surface area (TPSA) is 92.3 Å². The van der Waals surface area contributed by atoms with Gasteiger partial charge in [-0.05, 0) is 42.7 Å². The minimum Gasteiger partial charge on any atom is -0.378 e. The van der Waals surface area contributed by atoms with E-state index in [9.17, 15) is 4.79 Å². The molecule has 34 heavy (non-hydrogen) atoms. The van der Waals surface area contributed by atoms with Crippen molar-refractivity contribution in [3.8, 4) is 11.1 Å². The third kappa shape index (κ3) is 4.44. The zero-order valence-electron chi connectivity index (χ0n) is 18.5. The number of thiophene rings is 1. The summed E-state index contributed by atoms with van der Waals surface area (Å²) in [7, 11) is 0. The number of nitrogens with one attached hydrogen (secondary N) is 2. The van der Waals surface area contributed by atoms with E-state index in [0.717, 1.165) is 72.0 Å². The number of carbonyl (C=O) groups excluding carboxylic acids is 1. The predicted molar refractivity (Wildman–Crippen MR) is 134 cm³/mol. The molecule has 2 N–H and O–H groups in total. The molecule has 0 unspecified atom stereocenters. The van der Waals surface area contributed by atoms with Gasteiger partial charge in [-0.2, -0.15) is 0 Å². The molecule has 4 aromatic rings. The summed E-state index contributed by atoms with van der Waals surface area (Å²) in [5, 5.41) is 8.39.